The lowest BCUT2D eigenvalue weighted by atomic mass is 10.3. The minimum Gasteiger partial charge on any atom is -0.492 e. The van der Waals surface area contributed by atoms with Gasteiger partial charge in [-0.2, -0.15) is 0 Å². The summed E-state index contributed by atoms with van der Waals surface area (Å²) in [5.74, 6) is 0.651. The van der Waals surface area contributed by atoms with Gasteiger partial charge in [0.1, 0.15) is 17.3 Å². The summed E-state index contributed by atoms with van der Waals surface area (Å²) in [4.78, 5) is 0.225. The molecule has 108 valence electrons. The summed E-state index contributed by atoms with van der Waals surface area (Å²) in [5.41, 5.74) is 5.82. The van der Waals surface area contributed by atoms with Crippen molar-refractivity contribution in [3.63, 3.8) is 0 Å². The van der Waals surface area contributed by atoms with E-state index in [1.807, 2.05) is 0 Å². The molecule has 0 fully saturated rings. The summed E-state index contributed by atoms with van der Waals surface area (Å²) in [7, 11) is -1.79. The van der Waals surface area contributed by atoms with Crippen molar-refractivity contribution in [2.45, 2.75) is 4.90 Å². The molecule has 20 heavy (non-hydrogen) atoms. The summed E-state index contributed by atoms with van der Waals surface area (Å²) in [6, 6.07) is 8.22. The van der Waals surface area contributed by atoms with Gasteiger partial charge in [-0.25, -0.2) is 8.42 Å². The lowest BCUT2D eigenvalue weighted by Crippen LogP contribution is -2.12. The number of hydrogen-bond donors (Lipinski definition) is 2. The predicted molar refractivity (Wildman–Crippen MR) is 77.2 cm³/mol. The molecule has 0 aliphatic carbocycles. The second kappa shape index (κ2) is 5.98. The highest BCUT2D eigenvalue weighted by atomic mass is 32.2. The standard InChI is InChI=1S/C13H17N3O3S/c1-16-8-6-13(10-16)20(17,18)15-11-2-4-12(5-3-11)19-9-7-14/h2-6,8,10,15H,7,9,14H2,1H3. The van der Waals surface area contributed by atoms with E-state index >= 15 is 0 Å². The van der Waals surface area contributed by atoms with Gasteiger partial charge >= 0.3 is 0 Å². The minimum atomic E-state index is -3.55. The molecule has 1 aromatic carbocycles. The number of ether oxygens (including phenoxy) is 1. The highest BCUT2D eigenvalue weighted by molar-refractivity contribution is 7.92. The molecule has 3 N–H and O–H groups in total. The van der Waals surface area contributed by atoms with Crippen molar-refractivity contribution in [3.05, 3.63) is 42.7 Å². The van der Waals surface area contributed by atoms with Gasteiger partial charge in [-0.05, 0) is 30.3 Å². The molecule has 1 heterocycles. The van der Waals surface area contributed by atoms with E-state index in [1.165, 1.54) is 0 Å². The number of aromatic nitrogens is 1. The van der Waals surface area contributed by atoms with E-state index in [0.29, 0.717) is 24.6 Å². The monoisotopic (exact) mass is 295 g/mol. The number of sulfonamides is 1. The largest absolute Gasteiger partial charge is 0.492 e. The smallest absolute Gasteiger partial charge is 0.263 e. The Hall–Kier alpha value is -1.99. The van der Waals surface area contributed by atoms with Gasteiger partial charge in [-0.1, -0.05) is 0 Å². The van der Waals surface area contributed by atoms with Crippen LogP contribution in [0.3, 0.4) is 0 Å². The normalized spacial score (nSPS) is 11.3. The van der Waals surface area contributed by atoms with Gasteiger partial charge in [0.05, 0.1) is 0 Å². The second-order valence-electron chi connectivity index (χ2n) is 4.28. The average molecular weight is 295 g/mol. The molecule has 0 radical (unpaired) electrons. The third-order valence-corrected chi connectivity index (χ3v) is 3.97. The Labute approximate surface area is 118 Å². The van der Waals surface area contributed by atoms with Gasteiger partial charge in [0, 0.05) is 31.7 Å². The van der Waals surface area contributed by atoms with Crippen LogP contribution in [0.5, 0.6) is 5.75 Å². The van der Waals surface area contributed by atoms with Crippen LogP contribution in [0.4, 0.5) is 5.69 Å². The summed E-state index contributed by atoms with van der Waals surface area (Å²) in [5, 5.41) is 0. The van der Waals surface area contributed by atoms with Crippen LogP contribution in [-0.4, -0.2) is 26.1 Å². The van der Waals surface area contributed by atoms with Crippen LogP contribution < -0.4 is 15.2 Å². The first-order valence-corrected chi connectivity index (χ1v) is 7.57. The fraction of sp³-hybridized carbons (Fsp3) is 0.231. The van der Waals surface area contributed by atoms with Crippen molar-refractivity contribution in [2.75, 3.05) is 17.9 Å². The quantitative estimate of drug-likeness (QED) is 0.837. The predicted octanol–water partition coefficient (Wildman–Crippen LogP) is 1.16. The molecular formula is C13H17N3O3S. The van der Waals surface area contributed by atoms with Crippen LogP contribution in [0, 0.1) is 0 Å². The third-order valence-electron chi connectivity index (χ3n) is 2.61. The Morgan fingerprint density at radius 3 is 2.50 bits per heavy atom. The fourth-order valence-corrected chi connectivity index (χ4v) is 2.76. The number of aryl methyl sites for hydroxylation is 1. The van der Waals surface area contributed by atoms with E-state index in [1.54, 1.807) is 54.3 Å². The van der Waals surface area contributed by atoms with Crippen molar-refractivity contribution in [2.24, 2.45) is 12.8 Å². The zero-order valence-electron chi connectivity index (χ0n) is 11.1. The van der Waals surface area contributed by atoms with Gasteiger partial charge < -0.3 is 15.0 Å². The minimum absolute atomic E-state index is 0.225. The molecule has 0 bridgehead atoms. The maximum atomic E-state index is 12.1. The second-order valence-corrected chi connectivity index (χ2v) is 5.96. The molecule has 0 unspecified atom stereocenters. The number of nitrogens with two attached hydrogens (primary N) is 1. The number of anilines is 1. The maximum Gasteiger partial charge on any atom is 0.263 e. The van der Waals surface area contributed by atoms with Gasteiger partial charge in [-0.3, -0.25) is 4.72 Å². The Balaban J connectivity index is 2.09. The summed E-state index contributed by atoms with van der Waals surface area (Å²) < 4.78 is 33.7. The van der Waals surface area contributed by atoms with E-state index in [2.05, 4.69) is 4.72 Å². The van der Waals surface area contributed by atoms with E-state index in [0.717, 1.165) is 0 Å². The zero-order chi connectivity index (χ0) is 14.6. The van der Waals surface area contributed by atoms with Crippen LogP contribution in [0.1, 0.15) is 0 Å². The zero-order valence-corrected chi connectivity index (χ0v) is 11.9. The Kier molecular flexibility index (Phi) is 4.31. The van der Waals surface area contributed by atoms with Crippen LogP contribution in [0.2, 0.25) is 0 Å². The fourth-order valence-electron chi connectivity index (χ4n) is 1.65. The van der Waals surface area contributed by atoms with Gasteiger partial charge in [0.25, 0.3) is 10.0 Å². The molecule has 0 aliphatic rings. The maximum absolute atomic E-state index is 12.1. The van der Waals surface area contributed by atoms with Crippen molar-refractivity contribution in [3.8, 4) is 5.75 Å². The first-order chi connectivity index (χ1) is 9.51. The highest BCUT2D eigenvalue weighted by Gasteiger charge is 2.15. The number of rotatable bonds is 6. The summed E-state index contributed by atoms with van der Waals surface area (Å²) >= 11 is 0. The van der Waals surface area contributed by atoms with Crippen molar-refractivity contribution in [1.29, 1.82) is 0 Å². The molecule has 0 amide bonds. The van der Waals surface area contributed by atoms with Crippen LogP contribution in [0.25, 0.3) is 0 Å². The Morgan fingerprint density at radius 2 is 1.95 bits per heavy atom. The third kappa shape index (κ3) is 3.52. The summed E-state index contributed by atoms with van der Waals surface area (Å²) in [6.07, 6.45) is 3.22. The molecule has 1 aromatic heterocycles. The lowest BCUT2D eigenvalue weighted by molar-refractivity contribution is 0.328. The van der Waals surface area contributed by atoms with Crippen molar-refractivity contribution >= 4 is 15.7 Å². The number of nitrogens with one attached hydrogen (secondary N) is 1. The Morgan fingerprint density at radius 1 is 1.25 bits per heavy atom. The average Bonchev–Trinajstić information content (AvgIpc) is 2.85. The molecule has 2 rings (SSSR count). The summed E-state index contributed by atoms with van der Waals surface area (Å²) in [6.45, 7) is 0.859. The van der Waals surface area contributed by atoms with Gasteiger partial charge in [0.15, 0.2) is 0 Å². The van der Waals surface area contributed by atoms with E-state index < -0.39 is 10.0 Å². The lowest BCUT2D eigenvalue weighted by Gasteiger charge is -2.08. The topological polar surface area (TPSA) is 86.3 Å². The molecule has 0 aliphatic heterocycles. The van der Waals surface area contributed by atoms with Crippen LogP contribution in [-0.2, 0) is 17.1 Å². The highest BCUT2D eigenvalue weighted by Crippen LogP contribution is 2.19. The molecule has 0 atom stereocenters. The first-order valence-electron chi connectivity index (χ1n) is 6.09. The van der Waals surface area contributed by atoms with Crippen molar-refractivity contribution < 1.29 is 13.2 Å². The first kappa shape index (κ1) is 14.4. The van der Waals surface area contributed by atoms with Gasteiger partial charge in [-0.15, -0.1) is 0 Å². The van der Waals surface area contributed by atoms with E-state index in [4.69, 9.17) is 10.5 Å². The number of hydrogen-bond acceptors (Lipinski definition) is 4. The number of benzene rings is 1. The molecule has 6 nitrogen and oxygen atoms in total. The Bertz CT molecular complexity index is 662. The van der Waals surface area contributed by atoms with Crippen LogP contribution in [0.15, 0.2) is 47.6 Å². The van der Waals surface area contributed by atoms with E-state index in [9.17, 15) is 8.42 Å². The van der Waals surface area contributed by atoms with Crippen LogP contribution >= 0.6 is 0 Å². The SMILES string of the molecule is Cn1ccc(S(=O)(=O)Nc2ccc(OCCN)cc2)c1. The molecule has 0 spiro atoms. The van der Waals surface area contributed by atoms with Gasteiger partial charge in [0.2, 0.25) is 0 Å². The molecular weight excluding hydrogens is 278 g/mol. The molecule has 0 saturated carbocycles. The van der Waals surface area contributed by atoms with E-state index in [-0.39, 0.29) is 4.90 Å². The molecule has 7 heteroatoms. The molecule has 2 aromatic rings. The molecule has 0 saturated heterocycles. The number of nitrogens with zero attached hydrogens (tertiary/aromatic N) is 1. The van der Waals surface area contributed by atoms with Crippen molar-refractivity contribution in [1.82, 2.24) is 4.57 Å².